The van der Waals surface area contributed by atoms with Crippen molar-refractivity contribution in [1.29, 1.82) is 0 Å². The van der Waals surface area contributed by atoms with Crippen LogP contribution in [-0.4, -0.2) is 40.5 Å². The number of benzene rings is 2. The van der Waals surface area contributed by atoms with Gasteiger partial charge in [-0.3, -0.25) is 9.69 Å². The van der Waals surface area contributed by atoms with Crippen molar-refractivity contribution in [2.45, 2.75) is 51.2 Å². The molecule has 2 aliphatic heterocycles. The number of furan rings is 1. The minimum absolute atomic E-state index is 0.0910. The molecule has 2 aliphatic rings. The van der Waals surface area contributed by atoms with Crippen molar-refractivity contribution >= 4 is 17.4 Å². The number of nitrogens with one attached hydrogen (secondary N) is 1. The maximum atomic E-state index is 12.3. The third-order valence-corrected chi connectivity index (χ3v) is 7.21. The fourth-order valence-electron chi connectivity index (χ4n) is 5.59. The Morgan fingerprint density at radius 2 is 1.66 bits per heavy atom. The van der Waals surface area contributed by atoms with Gasteiger partial charge in [-0.2, -0.15) is 0 Å². The fraction of sp³-hybridized carbons (Fsp3) is 0.310. The van der Waals surface area contributed by atoms with Gasteiger partial charge in [0.25, 0.3) is 5.91 Å². The third-order valence-electron chi connectivity index (χ3n) is 7.21. The molecule has 1 amide bonds. The molecular weight excluding hydrogens is 440 g/mol. The van der Waals surface area contributed by atoms with Gasteiger partial charge in [0.15, 0.2) is 0 Å². The first-order chi connectivity index (χ1) is 17.0. The van der Waals surface area contributed by atoms with Crippen molar-refractivity contribution in [1.82, 2.24) is 10.2 Å². The van der Waals surface area contributed by atoms with Gasteiger partial charge in [-0.05, 0) is 79.6 Å². The Balaban J connectivity index is 1.53. The summed E-state index contributed by atoms with van der Waals surface area (Å²) in [5, 5.41) is 12.4. The zero-order valence-corrected chi connectivity index (χ0v) is 19.9. The Labute approximate surface area is 205 Å². The molecule has 2 atom stereocenters. The topological polar surface area (TPSA) is 82.8 Å². The molecule has 6 nitrogen and oxygen atoms in total. The van der Waals surface area contributed by atoms with Crippen molar-refractivity contribution in [3.63, 3.8) is 0 Å². The molecule has 3 heterocycles. The van der Waals surface area contributed by atoms with E-state index in [1.165, 1.54) is 11.1 Å². The number of hydrogen-bond acceptors (Lipinski definition) is 4. The van der Waals surface area contributed by atoms with Crippen LogP contribution < -0.4 is 5.32 Å². The number of piperidine rings is 1. The molecule has 3 aromatic rings. The van der Waals surface area contributed by atoms with Crippen LogP contribution in [-0.2, 0) is 6.54 Å². The molecule has 2 aromatic carbocycles. The minimum Gasteiger partial charge on any atom is -0.478 e. The van der Waals surface area contributed by atoms with Gasteiger partial charge in [0, 0.05) is 36.3 Å². The van der Waals surface area contributed by atoms with E-state index in [1.54, 1.807) is 18.4 Å². The fourth-order valence-corrected chi connectivity index (χ4v) is 5.59. The Morgan fingerprint density at radius 1 is 0.971 bits per heavy atom. The average Bonchev–Trinajstić information content (AvgIpc) is 3.45. The molecule has 2 saturated heterocycles. The second-order valence-corrected chi connectivity index (χ2v) is 9.40. The molecule has 180 valence electrons. The van der Waals surface area contributed by atoms with Gasteiger partial charge >= 0.3 is 5.97 Å². The normalized spacial score (nSPS) is 19.5. The highest BCUT2D eigenvalue weighted by molar-refractivity contribution is 5.95. The van der Waals surface area contributed by atoms with Crippen molar-refractivity contribution < 1.29 is 19.1 Å². The summed E-state index contributed by atoms with van der Waals surface area (Å²) < 4.78 is 5.28. The molecule has 5 rings (SSSR count). The van der Waals surface area contributed by atoms with E-state index in [-0.39, 0.29) is 11.5 Å². The number of fused-ring (bicyclic) bond motifs is 2. The van der Waals surface area contributed by atoms with E-state index in [4.69, 9.17) is 4.42 Å². The Hall–Kier alpha value is -3.64. The Bertz CT molecular complexity index is 1230. The van der Waals surface area contributed by atoms with Crippen molar-refractivity contribution in [3.05, 3.63) is 101 Å². The lowest BCUT2D eigenvalue weighted by molar-refractivity contribution is 0.0696. The van der Waals surface area contributed by atoms with Crippen LogP contribution in [0.25, 0.3) is 5.57 Å². The van der Waals surface area contributed by atoms with Gasteiger partial charge in [0.1, 0.15) is 0 Å². The first-order valence-corrected chi connectivity index (χ1v) is 12.2. The van der Waals surface area contributed by atoms with E-state index in [0.717, 1.165) is 48.9 Å². The highest BCUT2D eigenvalue weighted by Gasteiger charge is 2.39. The monoisotopic (exact) mass is 470 g/mol. The molecule has 35 heavy (non-hydrogen) atoms. The molecule has 2 fully saturated rings. The van der Waals surface area contributed by atoms with Crippen LogP contribution in [0.4, 0.5) is 0 Å². The maximum absolute atomic E-state index is 12.3. The van der Waals surface area contributed by atoms with Gasteiger partial charge in [-0.1, -0.05) is 29.8 Å². The van der Waals surface area contributed by atoms with Crippen LogP contribution in [0.15, 0.2) is 77.1 Å². The Kier molecular flexibility index (Phi) is 6.55. The molecule has 0 spiro atoms. The molecule has 1 aromatic heterocycles. The molecule has 2 N–H and O–H groups in total. The van der Waals surface area contributed by atoms with Crippen LogP contribution in [0, 0.1) is 0 Å². The van der Waals surface area contributed by atoms with E-state index in [9.17, 15) is 14.7 Å². The van der Waals surface area contributed by atoms with Gasteiger partial charge < -0.3 is 14.8 Å². The van der Waals surface area contributed by atoms with E-state index in [2.05, 4.69) is 10.2 Å². The third kappa shape index (κ3) is 4.80. The second-order valence-electron chi connectivity index (χ2n) is 9.40. The minimum atomic E-state index is -0.933. The lowest BCUT2D eigenvalue weighted by atomic mass is 9.85. The number of amides is 1. The van der Waals surface area contributed by atoms with Gasteiger partial charge in [0.05, 0.1) is 18.1 Å². The van der Waals surface area contributed by atoms with Crippen LogP contribution >= 0.6 is 0 Å². The summed E-state index contributed by atoms with van der Waals surface area (Å²) in [4.78, 5) is 26.6. The highest BCUT2D eigenvalue weighted by Crippen LogP contribution is 2.43. The summed E-state index contributed by atoms with van der Waals surface area (Å²) >= 11 is 0. The van der Waals surface area contributed by atoms with Crippen LogP contribution in [0.2, 0.25) is 0 Å². The summed E-state index contributed by atoms with van der Waals surface area (Å²) in [6.07, 6.45) is 7.75. The van der Waals surface area contributed by atoms with Crippen molar-refractivity contribution in [2.75, 3.05) is 6.54 Å². The molecule has 0 aliphatic carbocycles. The lowest BCUT2D eigenvalue weighted by Crippen LogP contribution is -2.40. The zero-order chi connectivity index (χ0) is 24.4. The number of rotatable bonds is 7. The number of carbonyl (C=O) groups excluding carboxylic acids is 1. The smallest absolute Gasteiger partial charge is 0.335 e. The van der Waals surface area contributed by atoms with E-state index < -0.39 is 5.97 Å². The molecule has 2 bridgehead atoms. The molecule has 0 radical (unpaired) electrons. The summed E-state index contributed by atoms with van der Waals surface area (Å²) in [6, 6.07) is 17.8. The molecule has 2 unspecified atom stereocenters. The largest absolute Gasteiger partial charge is 0.478 e. The standard InChI is InChI=1S/C29H30N2O4/c1-2-30-28(32)21-8-6-20(7-9-21)27(22-4-3-5-23(14-22)29(33)34)24-15-25-10-11-26(16-24)31(25)17-19-12-13-35-18-19/h3-9,12-14,18,25-26H,2,10-11,15-17H2,1H3,(H,30,32)(H,33,34). The number of carboxylic acid groups (broad SMARTS) is 1. The summed E-state index contributed by atoms with van der Waals surface area (Å²) in [5.41, 5.74) is 6.47. The predicted molar refractivity (Wildman–Crippen MR) is 134 cm³/mol. The second kappa shape index (κ2) is 9.92. The first-order valence-electron chi connectivity index (χ1n) is 12.2. The highest BCUT2D eigenvalue weighted by atomic mass is 16.4. The number of nitrogens with zero attached hydrogens (tertiary/aromatic N) is 1. The van der Waals surface area contributed by atoms with Crippen LogP contribution in [0.5, 0.6) is 0 Å². The number of carboxylic acids is 1. The number of hydrogen-bond donors (Lipinski definition) is 2. The van der Waals surface area contributed by atoms with Gasteiger partial charge in [-0.15, -0.1) is 0 Å². The molecule has 6 heteroatoms. The molecule has 0 saturated carbocycles. The molecular formula is C29H30N2O4. The van der Waals surface area contributed by atoms with Crippen LogP contribution in [0.1, 0.15) is 70.0 Å². The Morgan fingerprint density at radius 3 is 2.29 bits per heavy atom. The quantitative estimate of drug-likeness (QED) is 0.486. The predicted octanol–water partition coefficient (Wildman–Crippen LogP) is 5.36. The van der Waals surface area contributed by atoms with E-state index in [1.807, 2.05) is 55.7 Å². The van der Waals surface area contributed by atoms with E-state index in [0.29, 0.717) is 24.2 Å². The summed E-state index contributed by atoms with van der Waals surface area (Å²) in [5.74, 6) is -1.02. The average molecular weight is 471 g/mol. The van der Waals surface area contributed by atoms with Crippen LogP contribution in [0.3, 0.4) is 0 Å². The lowest BCUT2D eigenvalue weighted by Gasteiger charge is -2.37. The van der Waals surface area contributed by atoms with Gasteiger partial charge in [0.2, 0.25) is 0 Å². The van der Waals surface area contributed by atoms with Gasteiger partial charge in [-0.25, -0.2) is 4.79 Å². The van der Waals surface area contributed by atoms with E-state index >= 15 is 0 Å². The number of aromatic carboxylic acids is 1. The summed E-state index contributed by atoms with van der Waals surface area (Å²) in [6.45, 7) is 3.37. The summed E-state index contributed by atoms with van der Waals surface area (Å²) in [7, 11) is 0. The van der Waals surface area contributed by atoms with Crippen molar-refractivity contribution in [2.24, 2.45) is 0 Å². The zero-order valence-electron chi connectivity index (χ0n) is 19.9. The first kappa shape index (κ1) is 23.1. The van der Waals surface area contributed by atoms with Crippen molar-refractivity contribution in [3.8, 4) is 0 Å². The number of carbonyl (C=O) groups is 2. The maximum Gasteiger partial charge on any atom is 0.335 e. The SMILES string of the molecule is CCNC(=O)c1ccc(C(=C2CC3CCC(C2)N3Cc2ccoc2)c2cccc(C(=O)O)c2)cc1.